The molecule has 0 aliphatic carbocycles. The van der Waals surface area contributed by atoms with E-state index in [1.54, 1.807) is 12.1 Å². The molecule has 4 N–H and O–H groups in total. The molecule has 0 unspecified atom stereocenters. The van der Waals surface area contributed by atoms with Gasteiger partial charge in [0.1, 0.15) is 17.5 Å². The molecule has 0 saturated carbocycles. The van der Waals surface area contributed by atoms with Crippen molar-refractivity contribution >= 4 is 11.6 Å². The maximum Gasteiger partial charge on any atom is 0.241 e. The third kappa shape index (κ3) is 6.69. The third-order valence-electron chi connectivity index (χ3n) is 7.60. The van der Waals surface area contributed by atoms with Gasteiger partial charge in [-0.2, -0.15) is 0 Å². The Bertz CT molecular complexity index is 1330. The molecule has 2 aliphatic rings. The second kappa shape index (κ2) is 12.5. The summed E-state index contributed by atoms with van der Waals surface area (Å²) >= 11 is 0. The fourth-order valence-electron chi connectivity index (χ4n) is 5.35. The topological polar surface area (TPSA) is 98.5 Å². The molecule has 40 heavy (non-hydrogen) atoms. The van der Waals surface area contributed by atoms with Crippen molar-refractivity contribution in [1.82, 2.24) is 10.3 Å². The first-order valence-corrected chi connectivity index (χ1v) is 13.5. The van der Waals surface area contributed by atoms with E-state index in [4.69, 9.17) is 15.2 Å². The molecule has 1 amide bonds. The number of hydrogen-bond donors (Lipinski definition) is 3. The van der Waals surface area contributed by atoms with Crippen molar-refractivity contribution in [3.63, 3.8) is 0 Å². The van der Waals surface area contributed by atoms with Gasteiger partial charge in [0.2, 0.25) is 5.91 Å². The van der Waals surface area contributed by atoms with Gasteiger partial charge in [-0.15, -0.1) is 0 Å². The lowest BCUT2D eigenvalue weighted by Gasteiger charge is -2.44. The Hall–Kier alpha value is -3.31. The molecule has 0 radical (unpaired) electrons. The fourth-order valence-corrected chi connectivity index (χ4v) is 5.35. The highest BCUT2D eigenvalue weighted by Crippen LogP contribution is 2.31. The molecule has 2 atom stereocenters. The number of ether oxygens (including phenoxy) is 2. The Kier molecular flexibility index (Phi) is 8.80. The summed E-state index contributed by atoms with van der Waals surface area (Å²) < 4.78 is 54.5. The molecule has 7 nitrogen and oxygen atoms in total. The van der Waals surface area contributed by atoms with Crippen LogP contribution < -0.4 is 16.4 Å². The van der Waals surface area contributed by atoms with Crippen molar-refractivity contribution in [2.75, 3.05) is 31.6 Å². The van der Waals surface area contributed by atoms with Gasteiger partial charge in [-0.25, -0.2) is 13.2 Å². The van der Waals surface area contributed by atoms with Crippen LogP contribution in [0.2, 0.25) is 0 Å². The summed E-state index contributed by atoms with van der Waals surface area (Å²) in [5.41, 5.74) is 7.96. The van der Waals surface area contributed by atoms with Gasteiger partial charge in [0.25, 0.3) is 0 Å². The van der Waals surface area contributed by atoms with Crippen molar-refractivity contribution in [2.45, 2.75) is 49.9 Å². The van der Waals surface area contributed by atoms with Crippen LogP contribution in [0.1, 0.15) is 30.4 Å². The zero-order valence-corrected chi connectivity index (χ0v) is 22.1. The first-order valence-electron chi connectivity index (χ1n) is 13.5. The summed E-state index contributed by atoms with van der Waals surface area (Å²) in [5, 5.41) is 6.16. The summed E-state index contributed by atoms with van der Waals surface area (Å²) in [7, 11) is 0. The van der Waals surface area contributed by atoms with E-state index < -0.39 is 29.4 Å². The van der Waals surface area contributed by atoms with E-state index in [-0.39, 0.29) is 29.4 Å². The van der Waals surface area contributed by atoms with E-state index in [9.17, 15) is 18.0 Å². The monoisotopic (exact) mass is 554 g/mol. The molecule has 2 aromatic carbocycles. The van der Waals surface area contributed by atoms with Gasteiger partial charge >= 0.3 is 0 Å². The standard InChI is InChI=1S/C30H33F3N4O3/c31-21-4-2-20(3-5-21)24-13-19(1-8-25(24)32)14-27(34)29(38)37-28-17-35-16-26(33)23(28)7-6-22-15-36-18-30(40-22)9-11-39-12-10-30/h1-5,8,13,16-17,22,27,36H,6-7,9-12,14-15,18,34H2,(H,37,38)/t22-,27+/m1/s1. The van der Waals surface area contributed by atoms with Gasteiger partial charge < -0.3 is 25.8 Å². The minimum absolute atomic E-state index is 0.0981. The van der Waals surface area contributed by atoms with Gasteiger partial charge in [-0.3, -0.25) is 9.78 Å². The molecule has 5 rings (SSSR count). The number of nitrogens with two attached hydrogens (primary N) is 1. The number of halogens is 3. The van der Waals surface area contributed by atoms with Gasteiger partial charge in [-0.1, -0.05) is 18.2 Å². The highest BCUT2D eigenvalue weighted by Gasteiger charge is 2.38. The average molecular weight is 555 g/mol. The number of carbonyl (C=O) groups excluding carboxylic acids is 1. The summed E-state index contributed by atoms with van der Waals surface area (Å²) in [5.74, 6) is -1.92. The smallest absolute Gasteiger partial charge is 0.241 e. The molecular weight excluding hydrogens is 521 g/mol. The molecule has 1 spiro atoms. The van der Waals surface area contributed by atoms with E-state index in [1.165, 1.54) is 36.5 Å². The summed E-state index contributed by atoms with van der Waals surface area (Å²) in [4.78, 5) is 16.9. The molecular formula is C30H33F3N4O3. The normalized spacial score (nSPS) is 19.4. The summed E-state index contributed by atoms with van der Waals surface area (Å²) in [6, 6.07) is 8.93. The molecule has 212 valence electrons. The van der Waals surface area contributed by atoms with Crippen molar-refractivity contribution in [3.05, 3.63) is 83.4 Å². The molecule has 2 aliphatic heterocycles. The first kappa shape index (κ1) is 28.2. The van der Waals surface area contributed by atoms with Crippen LogP contribution in [0.3, 0.4) is 0 Å². The number of hydrogen-bond acceptors (Lipinski definition) is 6. The third-order valence-corrected chi connectivity index (χ3v) is 7.60. The molecule has 10 heteroatoms. The van der Waals surface area contributed by atoms with Crippen molar-refractivity contribution in [3.8, 4) is 11.1 Å². The Morgan fingerprint density at radius 2 is 1.88 bits per heavy atom. The van der Waals surface area contributed by atoms with Crippen LogP contribution in [0.5, 0.6) is 0 Å². The Morgan fingerprint density at radius 3 is 2.65 bits per heavy atom. The van der Waals surface area contributed by atoms with Crippen molar-refractivity contribution in [2.24, 2.45) is 5.73 Å². The average Bonchev–Trinajstić information content (AvgIpc) is 2.95. The number of nitrogens with zero attached hydrogens (tertiary/aromatic N) is 1. The number of benzene rings is 2. The molecule has 2 saturated heterocycles. The van der Waals surface area contributed by atoms with Crippen LogP contribution in [-0.2, 0) is 27.1 Å². The van der Waals surface area contributed by atoms with Crippen LogP contribution in [0, 0.1) is 17.5 Å². The highest BCUT2D eigenvalue weighted by molar-refractivity contribution is 5.95. The second-order valence-electron chi connectivity index (χ2n) is 10.5. The van der Waals surface area contributed by atoms with Crippen molar-refractivity contribution in [1.29, 1.82) is 0 Å². The number of rotatable bonds is 8. The van der Waals surface area contributed by atoms with Crippen LogP contribution in [0.15, 0.2) is 54.9 Å². The molecule has 0 bridgehead atoms. The lowest BCUT2D eigenvalue weighted by atomic mass is 9.91. The maximum absolute atomic E-state index is 14.8. The number of carbonyl (C=O) groups is 1. The van der Waals surface area contributed by atoms with Crippen molar-refractivity contribution < 1.29 is 27.4 Å². The lowest BCUT2D eigenvalue weighted by molar-refractivity contribution is -0.160. The van der Waals surface area contributed by atoms with E-state index >= 15 is 0 Å². The fraction of sp³-hybridized carbons (Fsp3) is 0.400. The zero-order chi connectivity index (χ0) is 28.1. The van der Waals surface area contributed by atoms with Crippen LogP contribution in [0.4, 0.5) is 18.9 Å². The largest absolute Gasteiger partial charge is 0.381 e. The number of aromatic nitrogens is 1. The zero-order valence-electron chi connectivity index (χ0n) is 22.1. The number of anilines is 1. The minimum Gasteiger partial charge on any atom is -0.381 e. The molecule has 3 heterocycles. The van der Waals surface area contributed by atoms with Gasteiger partial charge in [0.15, 0.2) is 0 Å². The van der Waals surface area contributed by atoms with Gasteiger partial charge in [-0.05, 0) is 54.7 Å². The van der Waals surface area contributed by atoms with Gasteiger partial charge in [0, 0.05) is 50.3 Å². The molecule has 1 aromatic heterocycles. The minimum atomic E-state index is -0.984. The number of morpholine rings is 1. The predicted octanol–water partition coefficient (Wildman–Crippen LogP) is 4.14. The second-order valence-corrected chi connectivity index (χ2v) is 10.5. The van der Waals surface area contributed by atoms with E-state index in [1.807, 2.05) is 0 Å². The van der Waals surface area contributed by atoms with E-state index in [2.05, 4.69) is 15.6 Å². The number of amides is 1. The van der Waals surface area contributed by atoms with Gasteiger partial charge in [0.05, 0.1) is 35.8 Å². The summed E-state index contributed by atoms with van der Waals surface area (Å²) in [6.07, 6.45) is 5.10. The van der Waals surface area contributed by atoms with E-state index in [0.29, 0.717) is 49.3 Å². The van der Waals surface area contributed by atoms with Crippen LogP contribution in [0.25, 0.3) is 11.1 Å². The summed E-state index contributed by atoms with van der Waals surface area (Å²) in [6.45, 7) is 2.76. The molecule has 3 aromatic rings. The van der Waals surface area contributed by atoms with E-state index in [0.717, 1.165) is 25.6 Å². The van der Waals surface area contributed by atoms with Crippen LogP contribution >= 0.6 is 0 Å². The Morgan fingerprint density at radius 1 is 1.10 bits per heavy atom. The maximum atomic E-state index is 14.8. The quantitative estimate of drug-likeness (QED) is 0.387. The first-order chi connectivity index (χ1) is 19.3. The molecule has 2 fully saturated rings. The highest BCUT2D eigenvalue weighted by atomic mass is 19.1. The number of pyridine rings is 1. The predicted molar refractivity (Wildman–Crippen MR) is 145 cm³/mol. The Balaban J connectivity index is 1.23. The Labute approximate surface area is 231 Å². The SMILES string of the molecule is N[C@@H](Cc1ccc(F)c(-c2ccc(F)cc2)c1)C(=O)Nc1cncc(F)c1CC[C@@H]1CNCC2(CCOCC2)O1. The van der Waals surface area contributed by atoms with Crippen LogP contribution in [-0.4, -0.2) is 54.9 Å². The lowest BCUT2D eigenvalue weighted by Crippen LogP contribution is -2.56. The number of nitrogens with one attached hydrogen (secondary N) is 2.